The summed E-state index contributed by atoms with van der Waals surface area (Å²) in [6.45, 7) is 0.198. The lowest BCUT2D eigenvalue weighted by atomic mass is 10.1. The normalized spacial score (nSPS) is 21.2. The number of H-pyrrole nitrogens is 1. The highest BCUT2D eigenvalue weighted by atomic mass is 35.5. The van der Waals surface area contributed by atoms with Crippen molar-refractivity contribution in [2.24, 2.45) is 0 Å². The maximum atomic E-state index is 12.9. The molecule has 0 amide bonds. The predicted octanol–water partition coefficient (Wildman–Crippen LogP) is 2.32. The molecule has 3 aromatic heterocycles. The van der Waals surface area contributed by atoms with Gasteiger partial charge in [0.05, 0.1) is 17.0 Å². The van der Waals surface area contributed by atoms with Crippen molar-refractivity contribution >= 4 is 56.2 Å². The molecule has 4 rings (SSSR count). The number of pyridine rings is 1. The van der Waals surface area contributed by atoms with Crippen molar-refractivity contribution in [2.75, 3.05) is 19.7 Å². The first-order chi connectivity index (χ1) is 14.9. The maximum absolute atomic E-state index is 12.9. The van der Waals surface area contributed by atoms with E-state index < -0.39 is 22.1 Å². The van der Waals surface area contributed by atoms with Crippen LogP contribution in [0.3, 0.4) is 0 Å². The minimum Gasteiger partial charge on any atom is -0.395 e. The van der Waals surface area contributed by atoms with Crippen LogP contribution in [0.4, 0.5) is 0 Å². The number of nitrogens with zero attached hydrogens (tertiary/aromatic N) is 3. The molecule has 3 aromatic rings. The first-order valence-electron chi connectivity index (χ1n) is 9.56. The summed E-state index contributed by atoms with van der Waals surface area (Å²) in [7, 11) is -3.77. The number of aliphatic hydroxyl groups is 1. The second-order valence-corrected chi connectivity index (χ2v) is 10.8. The Morgan fingerprint density at radius 3 is 2.84 bits per heavy atom. The minimum atomic E-state index is -3.77. The summed E-state index contributed by atoms with van der Waals surface area (Å²) in [5.41, 5.74) is 1.78. The van der Waals surface area contributed by atoms with Crippen LogP contribution in [0.2, 0.25) is 4.34 Å². The van der Waals surface area contributed by atoms with Gasteiger partial charge in [0, 0.05) is 65.0 Å². The summed E-state index contributed by atoms with van der Waals surface area (Å²) in [4.78, 5) is 21.8. The van der Waals surface area contributed by atoms with Crippen molar-refractivity contribution in [3.8, 4) is 0 Å². The fourth-order valence-corrected chi connectivity index (χ4v) is 5.99. The Hall–Kier alpha value is -2.08. The first-order valence-corrected chi connectivity index (χ1v) is 12.3. The lowest BCUT2D eigenvalue weighted by molar-refractivity contribution is -0.116. The summed E-state index contributed by atoms with van der Waals surface area (Å²) < 4.78 is 27.5. The van der Waals surface area contributed by atoms with E-state index in [4.69, 9.17) is 11.6 Å². The van der Waals surface area contributed by atoms with Gasteiger partial charge >= 0.3 is 0 Å². The number of hydrogen-bond donors (Lipinski definition) is 2. The zero-order valence-corrected chi connectivity index (χ0v) is 18.8. The van der Waals surface area contributed by atoms with Crippen LogP contribution in [0.15, 0.2) is 42.1 Å². The minimum absolute atomic E-state index is 0.0135. The van der Waals surface area contributed by atoms with Crippen molar-refractivity contribution in [1.82, 2.24) is 19.2 Å². The van der Waals surface area contributed by atoms with Crippen molar-refractivity contribution in [2.45, 2.75) is 18.6 Å². The Morgan fingerprint density at radius 2 is 2.16 bits per heavy atom. The van der Waals surface area contributed by atoms with Crippen molar-refractivity contribution in [1.29, 1.82) is 0 Å². The molecule has 1 aliphatic rings. The molecule has 0 aromatic carbocycles. The predicted molar refractivity (Wildman–Crippen MR) is 121 cm³/mol. The third kappa shape index (κ3) is 4.89. The third-order valence-electron chi connectivity index (χ3n) is 5.26. The summed E-state index contributed by atoms with van der Waals surface area (Å²) in [6, 6.07) is 6.02. The highest BCUT2D eigenvalue weighted by Gasteiger charge is 2.38. The third-order valence-corrected chi connectivity index (χ3v) is 7.95. The van der Waals surface area contributed by atoms with Crippen LogP contribution in [0.25, 0.3) is 17.0 Å². The van der Waals surface area contributed by atoms with E-state index in [-0.39, 0.29) is 19.7 Å². The number of sulfonamides is 1. The summed E-state index contributed by atoms with van der Waals surface area (Å²) in [5.74, 6) is 0. The quantitative estimate of drug-likeness (QED) is 0.503. The highest BCUT2D eigenvalue weighted by molar-refractivity contribution is 7.92. The highest BCUT2D eigenvalue weighted by Crippen LogP contribution is 2.25. The van der Waals surface area contributed by atoms with Crippen molar-refractivity contribution in [3.05, 3.63) is 57.0 Å². The molecule has 0 spiro atoms. The lowest BCUT2D eigenvalue weighted by Gasteiger charge is -2.43. The zero-order valence-electron chi connectivity index (χ0n) is 16.4. The fraction of sp³-hybridized carbons (Fsp3) is 0.300. The van der Waals surface area contributed by atoms with E-state index in [2.05, 4.69) is 9.97 Å². The average Bonchev–Trinajstić information content (AvgIpc) is 3.37. The van der Waals surface area contributed by atoms with E-state index >= 15 is 0 Å². The number of hydrogen-bond acceptors (Lipinski definition) is 7. The number of aldehydes is 1. The SMILES string of the molecule is O=CC1CN(S(=O)(=O)C=Cc2ccc(Cl)s2)C[C@H](CO)N1Cc1cc2cnccc2[nH]1. The van der Waals surface area contributed by atoms with Gasteiger partial charge in [0.2, 0.25) is 10.0 Å². The number of aliphatic hydroxyl groups excluding tert-OH is 1. The van der Waals surface area contributed by atoms with Crippen LogP contribution >= 0.6 is 22.9 Å². The molecular weight excluding hydrogens is 460 g/mol. The molecule has 31 heavy (non-hydrogen) atoms. The van der Waals surface area contributed by atoms with Gasteiger partial charge in [0.25, 0.3) is 0 Å². The number of halogens is 1. The molecule has 2 N–H and O–H groups in total. The largest absolute Gasteiger partial charge is 0.395 e. The van der Waals surface area contributed by atoms with E-state index in [1.54, 1.807) is 24.5 Å². The second-order valence-electron chi connectivity index (χ2n) is 7.28. The summed E-state index contributed by atoms with van der Waals surface area (Å²) in [6.07, 6.45) is 5.65. The van der Waals surface area contributed by atoms with Crippen LogP contribution in [0.1, 0.15) is 10.6 Å². The van der Waals surface area contributed by atoms with Gasteiger partial charge in [0.1, 0.15) is 6.29 Å². The molecule has 0 aliphatic carbocycles. The molecule has 2 atom stereocenters. The average molecular weight is 481 g/mol. The number of carbonyl (C=O) groups excluding carboxylic acids is 1. The van der Waals surface area contributed by atoms with Gasteiger partial charge in [-0.15, -0.1) is 11.3 Å². The lowest BCUT2D eigenvalue weighted by Crippen LogP contribution is -2.60. The molecule has 1 fully saturated rings. The zero-order chi connectivity index (χ0) is 22.0. The van der Waals surface area contributed by atoms with Gasteiger partial charge in [-0.3, -0.25) is 9.88 Å². The number of aromatic nitrogens is 2. The number of rotatable bonds is 7. The second kappa shape index (κ2) is 9.19. The number of thiophene rings is 1. The van der Waals surface area contributed by atoms with Gasteiger partial charge < -0.3 is 14.9 Å². The van der Waals surface area contributed by atoms with Crippen LogP contribution in [-0.4, -0.2) is 70.8 Å². The van der Waals surface area contributed by atoms with Gasteiger partial charge in [0.15, 0.2) is 0 Å². The molecule has 11 heteroatoms. The van der Waals surface area contributed by atoms with E-state index in [1.807, 2.05) is 17.0 Å². The molecule has 0 radical (unpaired) electrons. The number of nitrogens with one attached hydrogen (secondary N) is 1. The van der Waals surface area contributed by atoms with Crippen LogP contribution in [-0.2, 0) is 21.4 Å². The van der Waals surface area contributed by atoms with Gasteiger partial charge in [-0.1, -0.05) is 11.6 Å². The summed E-state index contributed by atoms with van der Waals surface area (Å²) >= 11 is 7.16. The molecular formula is C20H21ClN4O4S2. The molecule has 1 unspecified atom stereocenters. The van der Waals surface area contributed by atoms with E-state index in [1.165, 1.54) is 21.7 Å². The van der Waals surface area contributed by atoms with E-state index in [9.17, 15) is 18.3 Å². The first kappa shape index (κ1) is 22.1. The number of aromatic amines is 1. The van der Waals surface area contributed by atoms with Crippen LogP contribution in [0.5, 0.6) is 0 Å². The van der Waals surface area contributed by atoms with Gasteiger partial charge in [-0.2, -0.15) is 4.31 Å². The summed E-state index contributed by atoms with van der Waals surface area (Å²) in [5, 5.41) is 12.0. The standard InChI is InChI=1S/C20H21ClN4O4S2/c21-20-2-1-18(30-20)4-6-31(28,29)24-10-16(12-26)25(17(11-24)13-27)9-15-7-14-8-22-5-3-19(14)23-15/h1-8,12,16-17,23,27H,9-11,13H2/t16?,17-/m1/s1. The fourth-order valence-electron chi connectivity index (χ4n) is 3.71. The molecule has 8 nitrogen and oxygen atoms in total. The molecule has 1 saturated heterocycles. The Kier molecular flexibility index (Phi) is 6.56. The van der Waals surface area contributed by atoms with Gasteiger partial charge in [-0.25, -0.2) is 8.42 Å². The molecule has 4 heterocycles. The van der Waals surface area contributed by atoms with E-state index in [0.717, 1.165) is 28.3 Å². The Labute approximate surface area is 188 Å². The van der Waals surface area contributed by atoms with Crippen molar-refractivity contribution < 1.29 is 18.3 Å². The van der Waals surface area contributed by atoms with E-state index in [0.29, 0.717) is 15.8 Å². The Bertz CT molecular complexity index is 1170. The molecule has 0 saturated carbocycles. The monoisotopic (exact) mass is 480 g/mol. The molecule has 0 bridgehead atoms. The van der Waals surface area contributed by atoms with Crippen LogP contribution in [0, 0.1) is 0 Å². The smallest absolute Gasteiger partial charge is 0.236 e. The number of piperazine rings is 1. The van der Waals surface area contributed by atoms with Crippen LogP contribution < -0.4 is 0 Å². The molecule has 1 aliphatic heterocycles. The maximum Gasteiger partial charge on any atom is 0.236 e. The Balaban J connectivity index is 1.53. The number of carbonyl (C=O) groups is 1. The number of fused-ring (bicyclic) bond motifs is 1. The molecule has 164 valence electrons. The Morgan fingerprint density at radius 1 is 1.32 bits per heavy atom. The van der Waals surface area contributed by atoms with Crippen molar-refractivity contribution in [3.63, 3.8) is 0 Å². The topological polar surface area (TPSA) is 107 Å². The van der Waals surface area contributed by atoms with Gasteiger partial charge in [-0.05, 0) is 30.3 Å².